The fraction of sp³-hybridized carbons (Fsp3) is 0.438. The summed E-state index contributed by atoms with van der Waals surface area (Å²) in [7, 11) is 0. The van der Waals surface area contributed by atoms with Crippen molar-refractivity contribution >= 4 is 23.0 Å². The van der Waals surface area contributed by atoms with Crippen LogP contribution >= 0.6 is 11.3 Å². The average molecular weight is 316 g/mol. The minimum absolute atomic E-state index is 0.00956. The zero-order chi connectivity index (χ0) is 15.4. The number of nitrogens with one attached hydrogen (secondary N) is 1. The molecule has 0 radical (unpaired) electrons. The second kappa shape index (κ2) is 6.87. The van der Waals surface area contributed by atoms with E-state index in [9.17, 15) is 4.79 Å². The molecular formula is C16H20N4OS. The third-order valence-corrected chi connectivity index (χ3v) is 5.04. The third kappa shape index (κ3) is 3.62. The lowest BCUT2D eigenvalue weighted by molar-refractivity contribution is -0.121. The van der Waals surface area contributed by atoms with Gasteiger partial charge in [-0.05, 0) is 38.3 Å². The first-order valence-corrected chi connectivity index (χ1v) is 8.46. The number of unbranched alkanes of at least 4 members (excludes halogenated alkanes) is 1. The Morgan fingerprint density at radius 1 is 1.32 bits per heavy atom. The summed E-state index contributed by atoms with van der Waals surface area (Å²) in [5.74, 6) is 1.09. The summed E-state index contributed by atoms with van der Waals surface area (Å²) >= 11 is 1.79. The first-order valence-electron chi connectivity index (χ1n) is 7.64. The van der Waals surface area contributed by atoms with Crippen LogP contribution in [-0.4, -0.2) is 21.2 Å². The molecule has 1 amide bonds. The summed E-state index contributed by atoms with van der Waals surface area (Å²) in [6.07, 6.45) is 8.58. The van der Waals surface area contributed by atoms with Gasteiger partial charge in [-0.3, -0.25) is 4.79 Å². The van der Waals surface area contributed by atoms with Crippen LogP contribution in [0.1, 0.15) is 41.3 Å². The zero-order valence-corrected chi connectivity index (χ0v) is 13.5. The van der Waals surface area contributed by atoms with E-state index < -0.39 is 0 Å². The number of aromatic nitrogens is 2. The van der Waals surface area contributed by atoms with Crippen LogP contribution in [0.3, 0.4) is 0 Å². The monoisotopic (exact) mass is 316 g/mol. The molecule has 3 heterocycles. The maximum atomic E-state index is 11.1. The molecule has 0 saturated heterocycles. The summed E-state index contributed by atoms with van der Waals surface area (Å²) in [5.41, 5.74) is 3.56. The summed E-state index contributed by atoms with van der Waals surface area (Å²) in [4.78, 5) is 17.9. The predicted octanol–water partition coefficient (Wildman–Crippen LogP) is 2.89. The number of carbonyl (C=O) groups excluding carboxylic acids is 1. The molecule has 0 aromatic carbocycles. The molecule has 5 nitrogen and oxygen atoms in total. The van der Waals surface area contributed by atoms with Crippen LogP contribution in [0.2, 0.25) is 0 Å². The molecule has 116 valence electrons. The molecule has 0 atom stereocenters. The van der Waals surface area contributed by atoms with Gasteiger partial charge in [-0.2, -0.15) is 5.10 Å². The zero-order valence-electron chi connectivity index (χ0n) is 12.7. The Kier molecular flexibility index (Phi) is 4.68. The van der Waals surface area contributed by atoms with E-state index in [1.165, 1.54) is 16.2 Å². The lowest BCUT2D eigenvalue weighted by atomic mass is 10.1. The van der Waals surface area contributed by atoms with Gasteiger partial charge in [0.2, 0.25) is 5.91 Å². The molecule has 0 fully saturated rings. The number of nitrogens with zero attached hydrogens (tertiary/aromatic N) is 3. The molecule has 0 aliphatic carbocycles. The van der Waals surface area contributed by atoms with E-state index in [1.54, 1.807) is 11.3 Å². The van der Waals surface area contributed by atoms with Gasteiger partial charge < -0.3 is 4.57 Å². The fourth-order valence-electron chi connectivity index (χ4n) is 2.54. The molecule has 0 bridgehead atoms. The van der Waals surface area contributed by atoms with Crippen molar-refractivity contribution in [2.24, 2.45) is 5.10 Å². The quantitative estimate of drug-likeness (QED) is 0.833. The topological polar surface area (TPSA) is 59.3 Å². The summed E-state index contributed by atoms with van der Waals surface area (Å²) in [6.45, 7) is 3.07. The number of thiophene rings is 1. The van der Waals surface area contributed by atoms with E-state index in [4.69, 9.17) is 0 Å². The summed E-state index contributed by atoms with van der Waals surface area (Å²) < 4.78 is 2.19. The maximum Gasteiger partial charge on any atom is 0.240 e. The van der Waals surface area contributed by atoms with Gasteiger partial charge in [-0.25, -0.2) is 10.4 Å². The van der Waals surface area contributed by atoms with Gasteiger partial charge in [-0.15, -0.1) is 11.3 Å². The number of amides is 1. The van der Waals surface area contributed by atoms with Crippen LogP contribution in [0.4, 0.5) is 0 Å². The lowest BCUT2D eigenvalue weighted by Crippen LogP contribution is -2.25. The maximum absolute atomic E-state index is 11.1. The van der Waals surface area contributed by atoms with Crippen molar-refractivity contribution in [3.8, 4) is 0 Å². The number of hydrazone groups is 1. The van der Waals surface area contributed by atoms with Crippen molar-refractivity contribution in [1.82, 2.24) is 15.0 Å². The minimum Gasteiger partial charge on any atom is -0.335 e. The molecule has 22 heavy (non-hydrogen) atoms. The van der Waals surface area contributed by atoms with Crippen molar-refractivity contribution in [1.29, 1.82) is 0 Å². The van der Waals surface area contributed by atoms with Crippen LogP contribution in [0.5, 0.6) is 0 Å². The highest BCUT2D eigenvalue weighted by molar-refractivity contribution is 7.14. The highest BCUT2D eigenvalue weighted by Crippen LogP contribution is 2.22. The molecule has 1 aliphatic heterocycles. The summed E-state index contributed by atoms with van der Waals surface area (Å²) in [5, 5.41) is 4.15. The van der Waals surface area contributed by atoms with E-state index in [-0.39, 0.29) is 5.91 Å². The number of aryl methyl sites for hydroxylation is 3. The number of hydrogen-bond donors (Lipinski definition) is 1. The second-order valence-electron chi connectivity index (χ2n) is 5.48. The van der Waals surface area contributed by atoms with Crippen LogP contribution in [0.15, 0.2) is 29.6 Å². The molecule has 2 aromatic heterocycles. The number of imidazole rings is 1. The standard InChI is InChI=1S/C16H20N4OS/c1-12-17-9-11-20(12)10-3-2-4-13-5-7-15(22-13)14-6-8-16(21)19-18-14/h5,7,9,11H,2-4,6,8,10H2,1H3,(H,19,21). The first kappa shape index (κ1) is 15.0. The Morgan fingerprint density at radius 2 is 2.23 bits per heavy atom. The fourth-order valence-corrected chi connectivity index (χ4v) is 3.61. The Balaban J connectivity index is 1.48. The molecule has 0 unspecified atom stereocenters. The van der Waals surface area contributed by atoms with Crippen LogP contribution in [0, 0.1) is 6.92 Å². The molecule has 2 aromatic rings. The number of rotatable bonds is 6. The largest absolute Gasteiger partial charge is 0.335 e. The SMILES string of the molecule is Cc1nccn1CCCCc1ccc(C2=NNC(=O)CC2)s1. The molecule has 1 N–H and O–H groups in total. The smallest absolute Gasteiger partial charge is 0.240 e. The molecule has 1 aliphatic rings. The van der Waals surface area contributed by atoms with Crippen LogP contribution in [0.25, 0.3) is 0 Å². The molecular weight excluding hydrogens is 296 g/mol. The summed E-state index contributed by atoms with van der Waals surface area (Å²) in [6, 6.07) is 4.30. The van der Waals surface area contributed by atoms with E-state index >= 15 is 0 Å². The van der Waals surface area contributed by atoms with Crippen molar-refractivity contribution in [2.75, 3.05) is 0 Å². The van der Waals surface area contributed by atoms with Gasteiger partial charge in [0.25, 0.3) is 0 Å². The van der Waals surface area contributed by atoms with Crippen molar-refractivity contribution in [3.63, 3.8) is 0 Å². The Bertz CT molecular complexity index is 686. The van der Waals surface area contributed by atoms with E-state index in [0.717, 1.165) is 37.3 Å². The van der Waals surface area contributed by atoms with Crippen molar-refractivity contribution in [2.45, 2.75) is 45.6 Å². The van der Waals surface area contributed by atoms with Crippen molar-refractivity contribution < 1.29 is 4.79 Å². The average Bonchev–Trinajstić information content (AvgIpc) is 3.14. The Morgan fingerprint density at radius 3 is 2.95 bits per heavy atom. The molecule has 0 spiro atoms. The molecule has 3 rings (SSSR count). The van der Waals surface area contributed by atoms with Gasteiger partial charge >= 0.3 is 0 Å². The van der Waals surface area contributed by atoms with Crippen molar-refractivity contribution in [3.05, 3.63) is 40.1 Å². The van der Waals surface area contributed by atoms with Gasteiger partial charge in [0.05, 0.1) is 10.6 Å². The van der Waals surface area contributed by atoms with E-state index in [2.05, 4.69) is 32.2 Å². The van der Waals surface area contributed by atoms with Crippen LogP contribution in [-0.2, 0) is 17.8 Å². The number of hydrogen-bond acceptors (Lipinski definition) is 4. The molecule has 0 saturated carbocycles. The van der Waals surface area contributed by atoms with E-state index in [0.29, 0.717) is 6.42 Å². The highest BCUT2D eigenvalue weighted by Gasteiger charge is 2.14. The second-order valence-corrected chi connectivity index (χ2v) is 6.65. The predicted molar refractivity (Wildman–Crippen MR) is 88.1 cm³/mol. The normalized spacial score (nSPS) is 14.8. The Labute approximate surface area is 134 Å². The Hall–Kier alpha value is -1.95. The number of carbonyl (C=O) groups is 1. The van der Waals surface area contributed by atoms with Gasteiger partial charge in [-0.1, -0.05) is 0 Å². The van der Waals surface area contributed by atoms with Gasteiger partial charge in [0, 0.05) is 36.7 Å². The molecule has 6 heteroatoms. The highest BCUT2D eigenvalue weighted by atomic mass is 32.1. The van der Waals surface area contributed by atoms with Gasteiger partial charge in [0.15, 0.2) is 0 Å². The first-order chi connectivity index (χ1) is 10.7. The lowest BCUT2D eigenvalue weighted by Gasteiger charge is -2.09. The van der Waals surface area contributed by atoms with E-state index in [1.807, 2.05) is 19.3 Å². The van der Waals surface area contributed by atoms with Crippen LogP contribution < -0.4 is 5.43 Å². The van der Waals surface area contributed by atoms with Gasteiger partial charge in [0.1, 0.15) is 5.82 Å². The third-order valence-electron chi connectivity index (χ3n) is 3.85. The minimum atomic E-state index is 0.00956.